The van der Waals surface area contributed by atoms with Crippen molar-refractivity contribution >= 4 is 0 Å². The van der Waals surface area contributed by atoms with E-state index < -0.39 is 11.6 Å². The van der Waals surface area contributed by atoms with E-state index in [1.54, 1.807) is 6.07 Å². The standard InChI is InChI=1S/C17H25F2N/c1-11(2)13-4-6-14(7-5-13)17(20)10-12-3-8-15(18)16(19)9-12/h3,8-9,11,13-14,17H,4-7,10,20H2,1-2H3. The molecule has 0 saturated heterocycles. The zero-order chi connectivity index (χ0) is 14.7. The van der Waals surface area contributed by atoms with Crippen molar-refractivity contribution in [2.75, 3.05) is 0 Å². The second kappa shape index (κ2) is 6.66. The molecule has 1 atom stereocenters. The summed E-state index contributed by atoms with van der Waals surface area (Å²) in [7, 11) is 0. The maximum absolute atomic E-state index is 13.2. The van der Waals surface area contributed by atoms with Gasteiger partial charge in [-0.05, 0) is 67.6 Å². The summed E-state index contributed by atoms with van der Waals surface area (Å²) in [5, 5.41) is 0. The van der Waals surface area contributed by atoms with Crippen LogP contribution in [0.15, 0.2) is 18.2 Å². The molecule has 0 aromatic heterocycles. The van der Waals surface area contributed by atoms with E-state index in [-0.39, 0.29) is 6.04 Å². The smallest absolute Gasteiger partial charge is 0.159 e. The van der Waals surface area contributed by atoms with Crippen LogP contribution in [0.5, 0.6) is 0 Å². The average molecular weight is 281 g/mol. The molecule has 1 aromatic rings. The second-order valence-corrected chi connectivity index (χ2v) is 6.54. The largest absolute Gasteiger partial charge is 0.327 e. The van der Waals surface area contributed by atoms with Gasteiger partial charge in [0.2, 0.25) is 0 Å². The Morgan fingerprint density at radius 1 is 1.05 bits per heavy atom. The molecule has 112 valence electrons. The van der Waals surface area contributed by atoms with Gasteiger partial charge in [-0.15, -0.1) is 0 Å². The monoisotopic (exact) mass is 281 g/mol. The Balaban J connectivity index is 1.89. The van der Waals surface area contributed by atoms with Crippen LogP contribution >= 0.6 is 0 Å². The molecule has 1 aliphatic carbocycles. The maximum atomic E-state index is 13.2. The highest BCUT2D eigenvalue weighted by Crippen LogP contribution is 2.35. The van der Waals surface area contributed by atoms with Gasteiger partial charge in [-0.3, -0.25) is 0 Å². The first-order valence-corrected chi connectivity index (χ1v) is 7.67. The Hall–Kier alpha value is -0.960. The summed E-state index contributed by atoms with van der Waals surface area (Å²) in [6.07, 6.45) is 5.44. The SMILES string of the molecule is CC(C)C1CCC(C(N)Cc2ccc(F)c(F)c2)CC1. The fourth-order valence-corrected chi connectivity index (χ4v) is 3.35. The Morgan fingerprint density at radius 3 is 2.20 bits per heavy atom. The van der Waals surface area contributed by atoms with Gasteiger partial charge < -0.3 is 5.73 Å². The Morgan fingerprint density at radius 2 is 1.65 bits per heavy atom. The number of halogens is 2. The molecule has 0 spiro atoms. The number of rotatable bonds is 4. The second-order valence-electron chi connectivity index (χ2n) is 6.54. The molecule has 1 aliphatic rings. The minimum Gasteiger partial charge on any atom is -0.327 e. The third-order valence-corrected chi connectivity index (χ3v) is 4.82. The van der Waals surface area contributed by atoms with Crippen molar-refractivity contribution in [3.05, 3.63) is 35.4 Å². The van der Waals surface area contributed by atoms with E-state index in [1.165, 1.54) is 25.0 Å². The Labute approximate surface area is 120 Å². The topological polar surface area (TPSA) is 26.0 Å². The summed E-state index contributed by atoms with van der Waals surface area (Å²) in [5.41, 5.74) is 7.07. The van der Waals surface area contributed by atoms with Crippen LogP contribution in [0.3, 0.4) is 0 Å². The van der Waals surface area contributed by atoms with Crippen LogP contribution in [0.1, 0.15) is 45.1 Å². The fourth-order valence-electron chi connectivity index (χ4n) is 3.35. The van der Waals surface area contributed by atoms with Gasteiger partial charge in [0.1, 0.15) is 0 Å². The first kappa shape index (κ1) is 15.4. The van der Waals surface area contributed by atoms with Crippen molar-refractivity contribution in [1.29, 1.82) is 0 Å². The molecule has 0 amide bonds. The summed E-state index contributed by atoms with van der Waals surface area (Å²) < 4.78 is 26.1. The zero-order valence-electron chi connectivity index (χ0n) is 12.4. The minimum absolute atomic E-state index is 0.0490. The summed E-state index contributed by atoms with van der Waals surface area (Å²) in [4.78, 5) is 0. The predicted molar refractivity (Wildman–Crippen MR) is 78.3 cm³/mol. The molecule has 0 heterocycles. The molecule has 0 bridgehead atoms. The zero-order valence-corrected chi connectivity index (χ0v) is 12.4. The molecule has 3 heteroatoms. The van der Waals surface area contributed by atoms with E-state index in [0.29, 0.717) is 12.3 Å². The number of nitrogens with two attached hydrogens (primary N) is 1. The lowest BCUT2D eigenvalue weighted by atomic mass is 9.74. The maximum Gasteiger partial charge on any atom is 0.159 e. The van der Waals surface area contributed by atoms with Crippen molar-refractivity contribution in [3.63, 3.8) is 0 Å². The van der Waals surface area contributed by atoms with Crippen LogP contribution in [0.25, 0.3) is 0 Å². The first-order valence-electron chi connectivity index (χ1n) is 7.67. The highest BCUT2D eigenvalue weighted by Gasteiger charge is 2.27. The van der Waals surface area contributed by atoms with Gasteiger partial charge in [0.05, 0.1) is 0 Å². The van der Waals surface area contributed by atoms with Crippen LogP contribution in [0.2, 0.25) is 0 Å². The van der Waals surface area contributed by atoms with E-state index in [1.807, 2.05) is 0 Å². The Kier molecular flexibility index (Phi) is 5.14. The van der Waals surface area contributed by atoms with Gasteiger partial charge in [-0.2, -0.15) is 0 Å². The molecule has 0 aliphatic heterocycles. The van der Waals surface area contributed by atoms with E-state index in [9.17, 15) is 8.78 Å². The highest BCUT2D eigenvalue weighted by atomic mass is 19.2. The fraction of sp³-hybridized carbons (Fsp3) is 0.647. The molecule has 1 nitrogen and oxygen atoms in total. The van der Waals surface area contributed by atoms with Crippen LogP contribution in [0.4, 0.5) is 8.78 Å². The molecule has 2 N–H and O–H groups in total. The van der Waals surface area contributed by atoms with Crippen molar-refractivity contribution in [2.24, 2.45) is 23.5 Å². The number of hydrogen-bond donors (Lipinski definition) is 1. The number of benzene rings is 1. The normalized spacial score (nSPS) is 24.9. The van der Waals surface area contributed by atoms with E-state index in [2.05, 4.69) is 13.8 Å². The van der Waals surface area contributed by atoms with Crippen molar-refractivity contribution in [3.8, 4) is 0 Å². The molecule has 1 aromatic carbocycles. The molecule has 2 rings (SSSR count). The van der Waals surface area contributed by atoms with Crippen molar-refractivity contribution in [1.82, 2.24) is 0 Å². The van der Waals surface area contributed by atoms with E-state index in [0.717, 1.165) is 30.2 Å². The third kappa shape index (κ3) is 3.78. The van der Waals surface area contributed by atoms with Crippen LogP contribution in [-0.4, -0.2) is 6.04 Å². The van der Waals surface area contributed by atoms with Gasteiger partial charge in [-0.25, -0.2) is 8.78 Å². The third-order valence-electron chi connectivity index (χ3n) is 4.82. The molecular formula is C17H25F2N. The summed E-state index contributed by atoms with van der Waals surface area (Å²) in [6, 6.07) is 4.15. The molecule has 1 saturated carbocycles. The van der Waals surface area contributed by atoms with Gasteiger partial charge >= 0.3 is 0 Å². The van der Waals surface area contributed by atoms with Gasteiger partial charge in [0.25, 0.3) is 0 Å². The Bertz CT molecular complexity index is 437. The average Bonchev–Trinajstić information content (AvgIpc) is 2.43. The lowest BCUT2D eigenvalue weighted by molar-refractivity contribution is 0.202. The molecule has 1 unspecified atom stereocenters. The van der Waals surface area contributed by atoms with Crippen molar-refractivity contribution < 1.29 is 8.78 Å². The van der Waals surface area contributed by atoms with E-state index in [4.69, 9.17) is 5.73 Å². The molecule has 0 radical (unpaired) electrons. The van der Waals surface area contributed by atoms with Crippen molar-refractivity contribution in [2.45, 2.75) is 52.0 Å². The molecule has 20 heavy (non-hydrogen) atoms. The predicted octanol–water partition coefficient (Wildman–Crippen LogP) is 4.30. The van der Waals surface area contributed by atoms with Gasteiger partial charge in [0, 0.05) is 6.04 Å². The van der Waals surface area contributed by atoms with E-state index >= 15 is 0 Å². The lowest BCUT2D eigenvalue weighted by Gasteiger charge is -2.34. The molecule has 1 fully saturated rings. The van der Waals surface area contributed by atoms with Gasteiger partial charge in [-0.1, -0.05) is 19.9 Å². The lowest BCUT2D eigenvalue weighted by Crippen LogP contribution is -2.35. The van der Waals surface area contributed by atoms with Gasteiger partial charge in [0.15, 0.2) is 11.6 Å². The van der Waals surface area contributed by atoms with Crippen LogP contribution in [0, 0.1) is 29.4 Å². The van der Waals surface area contributed by atoms with Crippen LogP contribution in [-0.2, 0) is 6.42 Å². The quantitative estimate of drug-likeness (QED) is 0.875. The first-order chi connectivity index (χ1) is 9.47. The summed E-state index contributed by atoms with van der Waals surface area (Å²) >= 11 is 0. The van der Waals surface area contributed by atoms with Crippen LogP contribution < -0.4 is 5.73 Å². The minimum atomic E-state index is -0.792. The molecular weight excluding hydrogens is 256 g/mol. The summed E-state index contributed by atoms with van der Waals surface area (Å²) in [5.74, 6) is 0.510. The number of hydrogen-bond acceptors (Lipinski definition) is 1. The summed E-state index contributed by atoms with van der Waals surface area (Å²) in [6.45, 7) is 4.57. The highest BCUT2D eigenvalue weighted by molar-refractivity contribution is 5.19.